The summed E-state index contributed by atoms with van der Waals surface area (Å²) in [5.74, 6) is -0.303. The Morgan fingerprint density at radius 2 is 1.94 bits per heavy atom. The summed E-state index contributed by atoms with van der Waals surface area (Å²) in [6.07, 6.45) is 1.86. The van der Waals surface area contributed by atoms with E-state index < -0.39 is 0 Å². The van der Waals surface area contributed by atoms with Crippen LogP contribution < -0.4 is 5.32 Å². The van der Waals surface area contributed by atoms with E-state index in [4.69, 9.17) is 4.74 Å². The second-order valence-corrected chi connectivity index (χ2v) is 4.65. The first-order valence-electron chi connectivity index (χ1n) is 6.53. The Bertz CT molecular complexity index is 206. The number of hydrogen-bond acceptors (Lipinski definition) is 4. The zero-order valence-corrected chi connectivity index (χ0v) is 11.6. The fourth-order valence-electron chi connectivity index (χ4n) is 1.70. The monoisotopic (exact) mass is 245 g/mol. The smallest absolute Gasteiger partial charge is 0.309 e. The van der Waals surface area contributed by atoms with E-state index in [-0.39, 0.29) is 23.9 Å². The molecule has 0 fully saturated rings. The quantitative estimate of drug-likeness (QED) is 0.605. The van der Waals surface area contributed by atoms with E-state index in [2.05, 4.69) is 19.2 Å². The first-order valence-corrected chi connectivity index (χ1v) is 6.53. The third-order valence-electron chi connectivity index (χ3n) is 3.47. The van der Waals surface area contributed by atoms with Crippen molar-refractivity contribution in [1.82, 2.24) is 5.32 Å². The Morgan fingerprint density at radius 1 is 1.35 bits per heavy atom. The number of carbonyl (C=O) groups excluding carboxylic acids is 1. The number of ether oxygens (including phenoxy) is 1. The minimum absolute atomic E-state index is 0.0611. The highest BCUT2D eigenvalue weighted by atomic mass is 16.5. The molecule has 0 aliphatic rings. The molecule has 2 N–H and O–H groups in total. The molecule has 0 heterocycles. The number of carbonyl (C=O) groups is 1. The van der Waals surface area contributed by atoms with Crippen molar-refractivity contribution in [3.63, 3.8) is 0 Å². The van der Waals surface area contributed by atoms with E-state index in [9.17, 15) is 9.90 Å². The Balaban J connectivity index is 4.00. The van der Waals surface area contributed by atoms with Crippen LogP contribution in [0.5, 0.6) is 0 Å². The lowest BCUT2D eigenvalue weighted by molar-refractivity contribution is -0.147. The average Bonchev–Trinajstić information content (AvgIpc) is 2.35. The number of aliphatic hydroxyl groups excluding tert-OH is 1. The maximum Gasteiger partial charge on any atom is 0.309 e. The maximum atomic E-state index is 11.4. The van der Waals surface area contributed by atoms with Gasteiger partial charge in [-0.3, -0.25) is 4.79 Å². The molecule has 0 rings (SSSR count). The molecule has 1 unspecified atom stereocenters. The normalized spacial score (nSPS) is 13.5. The first-order chi connectivity index (χ1) is 8.05. The van der Waals surface area contributed by atoms with Crippen LogP contribution in [-0.4, -0.2) is 37.4 Å². The van der Waals surface area contributed by atoms with Crippen LogP contribution in [-0.2, 0) is 9.53 Å². The van der Waals surface area contributed by atoms with Gasteiger partial charge in [0, 0.05) is 25.1 Å². The van der Waals surface area contributed by atoms with Crippen molar-refractivity contribution >= 4 is 5.97 Å². The molecule has 4 heteroatoms. The fraction of sp³-hybridized carbons (Fsp3) is 0.923. The van der Waals surface area contributed by atoms with Crippen LogP contribution in [0.3, 0.4) is 0 Å². The lowest BCUT2D eigenvalue weighted by Crippen LogP contribution is -2.39. The van der Waals surface area contributed by atoms with E-state index in [1.54, 1.807) is 0 Å². The van der Waals surface area contributed by atoms with Gasteiger partial charge in [0.1, 0.15) is 0 Å². The summed E-state index contributed by atoms with van der Waals surface area (Å²) in [4.78, 5) is 11.4. The van der Waals surface area contributed by atoms with E-state index in [1.165, 1.54) is 0 Å². The topological polar surface area (TPSA) is 58.6 Å². The van der Waals surface area contributed by atoms with E-state index in [0.29, 0.717) is 13.2 Å². The van der Waals surface area contributed by atoms with E-state index in [0.717, 1.165) is 19.4 Å². The fourth-order valence-corrected chi connectivity index (χ4v) is 1.70. The number of esters is 1. The molecule has 102 valence electrons. The minimum Gasteiger partial charge on any atom is -0.466 e. The highest BCUT2D eigenvalue weighted by Gasteiger charge is 2.25. The predicted octanol–water partition coefficient (Wildman–Crippen LogP) is 1.57. The van der Waals surface area contributed by atoms with Crippen LogP contribution in [0.4, 0.5) is 0 Å². The molecule has 0 bridgehead atoms. The molecular formula is C13H27NO3. The SMILES string of the molecule is CCOC(=O)C(C)CNCC(CC)(CC)CO. The van der Waals surface area contributed by atoms with Gasteiger partial charge in [0.15, 0.2) is 0 Å². The highest BCUT2D eigenvalue weighted by Crippen LogP contribution is 2.24. The molecule has 0 saturated heterocycles. The van der Waals surface area contributed by atoms with E-state index in [1.807, 2.05) is 13.8 Å². The highest BCUT2D eigenvalue weighted by molar-refractivity contribution is 5.72. The summed E-state index contributed by atoms with van der Waals surface area (Å²) >= 11 is 0. The third kappa shape index (κ3) is 5.50. The number of nitrogens with one attached hydrogen (secondary N) is 1. The van der Waals surface area contributed by atoms with Crippen LogP contribution in [0.2, 0.25) is 0 Å². The molecule has 1 atom stereocenters. The third-order valence-corrected chi connectivity index (χ3v) is 3.47. The van der Waals surface area contributed by atoms with Gasteiger partial charge in [-0.2, -0.15) is 0 Å². The number of rotatable bonds is 9. The molecule has 0 radical (unpaired) electrons. The van der Waals surface area contributed by atoms with Crippen molar-refractivity contribution < 1.29 is 14.6 Å². The number of hydrogen-bond donors (Lipinski definition) is 2. The molecule has 0 aromatic rings. The van der Waals surface area contributed by atoms with Crippen molar-refractivity contribution in [2.24, 2.45) is 11.3 Å². The predicted molar refractivity (Wildman–Crippen MR) is 68.8 cm³/mol. The van der Waals surface area contributed by atoms with Crippen LogP contribution in [0.1, 0.15) is 40.5 Å². The minimum atomic E-state index is -0.164. The molecule has 0 amide bonds. The molecule has 0 spiro atoms. The van der Waals surface area contributed by atoms with Crippen molar-refractivity contribution in [3.05, 3.63) is 0 Å². The van der Waals surface area contributed by atoms with Crippen LogP contribution >= 0.6 is 0 Å². The Hall–Kier alpha value is -0.610. The van der Waals surface area contributed by atoms with Gasteiger partial charge in [-0.15, -0.1) is 0 Å². The van der Waals surface area contributed by atoms with Crippen molar-refractivity contribution in [2.75, 3.05) is 26.3 Å². The summed E-state index contributed by atoms with van der Waals surface area (Å²) < 4.78 is 4.94. The van der Waals surface area contributed by atoms with Gasteiger partial charge in [-0.1, -0.05) is 20.8 Å². The molecule has 0 aromatic heterocycles. The Labute approximate surface area is 105 Å². The lowest BCUT2D eigenvalue weighted by atomic mass is 9.83. The van der Waals surface area contributed by atoms with Gasteiger partial charge in [-0.05, 0) is 19.8 Å². The summed E-state index contributed by atoms with van der Waals surface area (Å²) in [7, 11) is 0. The summed E-state index contributed by atoms with van der Waals surface area (Å²) in [6.45, 7) is 9.76. The van der Waals surface area contributed by atoms with Crippen LogP contribution in [0.15, 0.2) is 0 Å². The lowest BCUT2D eigenvalue weighted by Gasteiger charge is -2.30. The van der Waals surface area contributed by atoms with Gasteiger partial charge < -0.3 is 15.2 Å². The summed E-state index contributed by atoms with van der Waals surface area (Å²) in [5, 5.41) is 12.7. The summed E-state index contributed by atoms with van der Waals surface area (Å²) in [6, 6.07) is 0. The van der Waals surface area contributed by atoms with Gasteiger partial charge in [0.25, 0.3) is 0 Å². The standard InChI is InChI=1S/C13H27NO3/c1-5-13(6-2,10-15)9-14-8-11(4)12(16)17-7-3/h11,14-15H,5-10H2,1-4H3. The second kappa shape index (κ2) is 8.48. The van der Waals surface area contributed by atoms with Crippen molar-refractivity contribution in [3.8, 4) is 0 Å². The molecule has 0 aromatic carbocycles. The molecule has 0 aliphatic carbocycles. The molecule has 0 saturated carbocycles. The van der Waals surface area contributed by atoms with Crippen molar-refractivity contribution in [1.29, 1.82) is 0 Å². The zero-order valence-electron chi connectivity index (χ0n) is 11.6. The molecule has 17 heavy (non-hydrogen) atoms. The Morgan fingerprint density at radius 3 is 2.35 bits per heavy atom. The van der Waals surface area contributed by atoms with Crippen LogP contribution in [0, 0.1) is 11.3 Å². The molecular weight excluding hydrogens is 218 g/mol. The van der Waals surface area contributed by atoms with Crippen LogP contribution in [0.25, 0.3) is 0 Å². The van der Waals surface area contributed by atoms with Gasteiger partial charge >= 0.3 is 5.97 Å². The average molecular weight is 245 g/mol. The number of aliphatic hydroxyl groups is 1. The van der Waals surface area contributed by atoms with Gasteiger partial charge in [-0.25, -0.2) is 0 Å². The first kappa shape index (κ1) is 16.4. The van der Waals surface area contributed by atoms with E-state index >= 15 is 0 Å². The summed E-state index contributed by atoms with van der Waals surface area (Å²) in [5.41, 5.74) is -0.0611. The second-order valence-electron chi connectivity index (χ2n) is 4.65. The maximum absolute atomic E-state index is 11.4. The van der Waals surface area contributed by atoms with Gasteiger partial charge in [0.05, 0.1) is 12.5 Å². The molecule has 4 nitrogen and oxygen atoms in total. The van der Waals surface area contributed by atoms with Crippen molar-refractivity contribution in [2.45, 2.75) is 40.5 Å². The zero-order chi connectivity index (χ0) is 13.3. The van der Waals surface area contributed by atoms with Gasteiger partial charge in [0.2, 0.25) is 0 Å². The largest absolute Gasteiger partial charge is 0.466 e. The Kier molecular flexibility index (Phi) is 8.17. The molecule has 0 aliphatic heterocycles.